The van der Waals surface area contributed by atoms with E-state index in [9.17, 15) is 13.2 Å². The summed E-state index contributed by atoms with van der Waals surface area (Å²) in [6.07, 6.45) is 3.05. The number of fused-ring (bicyclic) bond motifs is 1. The fourth-order valence-electron chi connectivity index (χ4n) is 2.41. The van der Waals surface area contributed by atoms with Gasteiger partial charge in [-0.1, -0.05) is 23.7 Å². The number of nitrogens with zero attached hydrogens (tertiary/aromatic N) is 1. The number of benzene rings is 2. The summed E-state index contributed by atoms with van der Waals surface area (Å²) in [6.45, 7) is 0. The van der Waals surface area contributed by atoms with Crippen LogP contribution >= 0.6 is 11.6 Å². The summed E-state index contributed by atoms with van der Waals surface area (Å²) in [5, 5.41) is 1.50. The number of ether oxygens (including phenoxy) is 1. The number of sulfonamides is 1. The van der Waals surface area contributed by atoms with Gasteiger partial charge >= 0.3 is 0 Å². The first kappa shape index (κ1) is 17.2. The first-order chi connectivity index (χ1) is 11.9. The lowest BCUT2D eigenvalue weighted by Gasteiger charge is -2.11. The Balaban J connectivity index is 2.00. The quantitative estimate of drug-likeness (QED) is 0.756. The van der Waals surface area contributed by atoms with Gasteiger partial charge in [-0.05, 0) is 30.3 Å². The highest BCUT2D eigenvalue weighted by Crippen LogP contribution is 2.25. The molecule has 0 bridgehead atoms. The number of aromatic nitrogens is 1. The average molecular weight is 377 g/mol. The van der Waals surface area contributed by atoms with Crippen molar-refractivity contribution in [2.24, 2.45) is 0 Å². The first-order valence-electron chi connectivity index (χ1n) is 7.16. The van der Waals surface area contributed by atoms with E-state index in [0.29, 0.717) is 15.8 Å². The molecule has 0 unspecified atom stereocenters. The zero-order chi connectivity index (χ0) is 18.0. The Bertz CT molecular complexity index is 1060. The highest BCUT2D eigenvalue weighted by atomic mass is 35.5. The molecule has 0 aliphatic rings. The van der Waals surface area contributed by atoms with E-state index < -0.39 is 15.9 Å². The maximum absolute atomic E-state index is 12.7. The predicted molar refractivity (Wildman–Crippen MR) is 94.4 cm³/mol. The minimum absolute atomic E-state index is 0.00585. The fourth-order valence-corrected chi connectivity index (χ4v) is 3.77. The maximum atomic E-state index is 12.7. The van der Waals surface area contributed by atoms with Crippen molar-refractivity contribution in [1.29, 1.82) is 0 Å². The molecule has 1 aromatic heterocycles. The summed E-state index contributed by atoms with van der Waals surface area (Å²) in [5.41, 5.74) is 0.0670. The van der Waals surface area contributed by atoms with Gasteiger partial charge < -0.3 is 4.74 Å². The standard InChI is InChI=1S/C17H13ClN2O4S/c1-24-15-9-12(18)5-6-14(15)17(21)20-25(22,23)16-4-2-3-11-10-19-8-7-13(11)16/h2-10H,1H3,(H,20,21). The second-order valence-corrected chi connectivity index (χ2v) is 7.22. The van der Waals surface area contributed by atoms with Gasteiger partial charge in [0.05, 0.1) is 17.6 Å². The van der Waals surface area contributed by atoms with E-state index in [2.05, 4.69) is 9.71 Å². The third-order valence-electron chi connectivity index (χ3n) is 3.57. The zero-order valence-electron chi connectivity index (χ0n) is 13.1. The summed E-state index contributed by atoms with van der Waals surface area (Å²) in [7, 11) is -2.72. The lowest BCUT2D eigenvalue weighted by Crippen LogP contribution is -2.31. The molecular formula is C17H13ClN2O4S. The number of carbonyl (C=O) groups excluding carboxylic acids is 1. The SMILES string of the molecule is COc1cc(Cl)ccc1C(=O)NS(=O)(=O)c1cccc2cnccc12. The number of pyridine rings is 1. The van der Waals surface area contributed by atoms with Crippen LogP contribution in [-0.2, 0) is 10.0 Å². The van der Waals surface area contributed by atoms with Gasteiger partial charge in [-0.2, -0.15) is 0 Å². The van der Waals surface area contributed by atoms with Crippen molar-refractivity contribution in [3.05, 3.63) is 65.4 Å². The van der Waals surface area contributed by atoms with Gasteiger partial charge in [0, 0.05) is 28.2 Å². The molecule has 0 saturated carbocycles. The molecule has 25 heavy (non-hydrogen) atoms. The molecule has 0 fully saturated rings. The van der Waals surface area contributed by atoms with Crippen molar-refractivity contribution in [3.63, 3.8) is 0 Å². The van der Waals surface area contributed by atoms with Crippen LogP contribution in [0.4, 0.5) is 0 Å². The van der Waals surface area contributed by atoms with Gasteiger partial charge in [0.2, 0.25) is 0 Å². The third kappa shape index (κ3) is 3.42. The lowest BCUT2D eigenvalue weighted by atomic mass is 10.2. The van der Waals surface area contributed by atoms with Gasteiger partial charge in [-0.15, -0.1) is 0 Å². The Morgan fingerprint density at radius 1 is 1.20 bits per heavy atom. The maximum Gasteiger partial charge on any atom is 0.268 e. The molecule has 0 aliphatic carbocycles. The van der Waals surface area contributed by atoms with Gasteiger partial charge in [0.15, 0.2) is 0 Å². The molecule has 0 aliphatic heterocycles. The van der Waals surface area contributed by atoms with E-state index in [0.717, 1.165) is 0 Å². The van der Waals surface area contributed by atoms with Crippen molar-refractivity contribution in [3.8, 4) is 5.75 Å². The molecule has 3 rings (SSSR count). The van der Waals surface area contributed by atoms with Crippen LogP contribution in [0, 0.1) is 0 Å². The van der Waals surface area contributed by atoms with E-state index in [1.165, 1.54) is 37.6 Å². The van der Waals surface area contributed by atoms with E-state index in [1.54, 1.807) is 24.4 Å². The first-order valence-corrected chi connectivity index (χ1v) is 9.02. The molecule has 0 radical (unpaired) electrons. The average Bonchev–Trinajstić information content (AvgIpc) is 2.60. The fraction of sp³-hybridized carbons (Fsp3) is 0.0588. The molecule has 128 valence electrons. The normalized spacial score (nSPS) is 11.3. The highest BCUT2D eigenvalue weighted by Gasteiger charge is 2.23. The predicted octanol–water partition coefficient (Wildman–Crippen LogP) is 3.02. The Morgan fingerprint density at radius 2 is 2.00 bits per heavy atom. The Hall–Kier alpha value is -2.64. The smallest absolute Gasteiger partial charge is 0.268 e. The van der Waals surface area contributed by atoms with Crippen molar-refractivity contribution in [2.45, 2.75) is 4.90 Å². The van der Waals surface area contributed by atoms with Gasteiger partial charge in [-0.3, -0.25) is 9.78 Å². The van der Waals surface area contributed by atoms with E-state index in [-0.39, 0.29) is 16.2 Å². The summed E-state index contributed by atoms with van der Waals surface area (Å²) in [5.74, 6) is -0.623. The molecular weight excluding hydrogens is 364 g/mol. The Labute approximate surface area is 149 Å². The number of hydrogen-bond donors (Lipinski definition) is 1. The highest BCUT2D eigenvalue weighted by molar-refractivity contribution is 7.90. The van der Waals surface area contributed by atoms with Crippen molar-refractivity contribution >= 4 is 38.3 Å². The topological polar surface area (TPSA) is 85.4 Å². The van der Waals surface area contributed by atoms with Gasteiger partial charge in [0.25, 0.3) is 15.9 Å². The van der Waals surface area contributed by atoms with Crippen molar-refractivity contribution < 1.29 is 17.9 Å². The van der Waals surface area contributed by atoms with Gasteiger partial charge in [-0.25, -0.2) is 13.1 Å². The van der Waals surface area contributed by atoms with Crippen LogP contribution in [0.2, 0.25) is 5.02 Å². The summed E-state index contributed by atoms with van der Waals surface area (Å²) < 4.78 is 32.5. The Kier molecular flexibility index (Phi) is 4.61. The summed E-state index contributed by atoms with van der Waals surface area (Å²) in [4.78, 5) is 16.4. The molecule has 0 atom stereocenters. The number of rotatable bonds is 4. The molecule has 1 N–H and O–H groups in total. The summed E-state index contributed by atoms with van der Waals surface area (Å²) in [6, 6.07) is 10.7. The number of carbonyl (C=O) groups is 1. The monoisotopic (exact) mass is 376 g/mol. The van der Waals surface area contributed by atoms with Crippen molar-refractivity contribution in [2.75, 3.05) is 7.11 Å². The van der Waals surface area contributed by atoms with Gasteiger partial charge in [0.1, 0.15) is 5.75 Å². The molecule has 2 aromatic carbocycles. The molecule has 1 amide bonds. The van der Waals surface area contributed by atoms with E-state index in [1.807, 2.05) is 0 Å². The van der Waals surface area contributed by atoms with Crippen LogP contribution in [0.1, 0.15) is 10.4 Å². The molecule has 0 spiro atoms. The number of amides is 1. The van der Waals surface area contributed by atoms with Crippen LogP contribution in [0.25, 0.3) is 10.8 Å². The number of methoxy groups -OCH3 is 1. The largest absolute Gasteiger partial charge is 0.496 e. The van der Waals surface area contributed by atoms with Crippen LogP contribution in [0.5, 0.6) is 5.75 Å². The molecule has 6 nitrogen and oxygen atoms in total. The second-order valence-electron chi connectivity index (χ2n) is 5.13. The minimum Gasteiger partial charge on any atom is -0.496 e. The molecule has 1 heterocycles. The lowest BCUT2D eigenvalue weighted by molar-refractivity contribution is 0.0978. The number of nitrogens with one attached hydrogen (secondary N) is 1. The molecule has 8 heteroatoms. The summed E-state index contributed by atoms with van der Waals surface area (Å²) >= 11 is 5.86. The molecule has 0 saturated heterocycles. The van der Waals surface area contributed by atoms with E-state index in [4.69, 9.17) is 16.3 Å². The van der Waals surface area contributed by atoms with Crippen molar-refractivity contribution in [1.82, 2.24) is 9.71 Å². The van der Waals surface area contributed by atoms with E-state index >= 15 is 0 Å². The minimum atomic E-state index is -4.09. The van der Waals surface area contributed by atoms with Crippen LogP contribution in [-0.4, -0.2) is 26.4 Å². The third-order valence-corrected chi connectivity index (χ3v) is 5.19. The van der Waals surface area contributed by atoms with Crippen LogP contribution in [0.3, 0.4) is 0 Å². The van der Waals surface area contributed by atoms with Crippen LogP contribution in [0.15, 0.2) is 59.8 Å². The zero-order valence-corrected chi connectivity index (χ0v) is 14.6. The number of halogens is 1. The second kappa shape index (κ2) is 6.70. The Morgan fingerprint density at radius 3 is 2.76 bits per heavy atom. The number of hydrogen-bond acceptors (Lipinski definition) is 5. The molecule has 3 aromatic rings. The van der Waals surface area contributed by atoms with Crippen LogP contribution < -0.4 is 9.46 Å².